The number of rotatable bonds is 14. The van der Waals surface area contributed by atoms with E-state index >= 15 is 0 Å². The van der Waals surface area contributed by atoms with Crippen LogP contribution in [0, 0.1) is 23.6 Å². The summed E-state index contributed by atoms with van der Waals surface area (Å²) < 4.78 is 24.6. The van der Waals surface area contributed by atoms with Gasteiger partial charge in [0.2, 0.25) is 5.91 Å². The molecule has 0 bridgehead atoms. The number of nitrogens with zero attached hydrogens (tertiary/aromatic N) is 1. The first-order chi connectivity index (χ1) is 17.4. The van der Waals surface area contributed by atoms with Gasteiger partial charge in [0.1, 0.15) is 11.6 Å². The number of carbonyl (C=O) groups excluding carboxylic acids is 1. The van der Waals surface area contributed by atoms with Crippen LogP contribution in [-0.2, 0) is 22.5 Å². The Hall–Kier alpha value is -2.48. The zero-order chi connectivity index (χ0) is 25.8. The molecule has 1 amide bonds. The Morgan fingerprint density at radius 2 is 1.72 bits per heavy atom. The Morgan fingerprint density at radius 1 is 1.06 bits per heavy atom. The van der Waals surface area contributed by atoms with Crippen LogP contribution in [0.2, 0.25) is 0 Å². The molecule has 1 aliphatic heterocycles. The van der Waals surface area contributed by atoms with Gasteiger partial charge in [-0.2, -0.15) is 0 Å². The minimum absolute atomic E-state index is 0.0400. The van der Waals surface area contributed by atoms with Crippen molar-refractivity contribution in [2.45, 2.75) is 39.7 Å². The molecule has 3 rings (SSSR count). The first-order valence-corrected chi connectivity index (χ1v) is 13.1. The summed E-state index contributed by atoms with van der Waals surface area (Å²) in [4.78, 5) is 15.7. The molecule has 1 aliphatic rings. The summed E-state index contributed by atoms with van der Waals surface area (Å²) in [6.45, 7) is 9.04. The molecule has 198 valence electrons. The fourth-order valence-electron chi connectivity index (χ4n) is 4.57. The summed E-state index contributed by atoms with van der Waals surface area (Å²) in [5.41, 5.74) is 2.00. The molecule has 0 saturated carbocycles. The lowest BCUT2D eigenvalue weighted by Gasteiger charge is -2.35. The molecule has 2 aromatic rings. The van der Waals surface area contributed by atoms with E-state index in [4.69, 9.17) is 14.6 Å². The monoisotopic (exact) mass is 500 g/mol. The van der Waals surface area contributed by atoms with Crippen molar-refractivity contribution in [2.75, 3.05) is 46.1 Å². The number of aliphatic hydroxyl groups excluding tert-OH is 1. The molecule has 0 spiro atoms. The number of aliphatic hydroxyl groups is 1. The summed E-state index contributed by atoms with van der Waals surface area (Å²) in [6, 6.07) is 14.3. The average molecular weight is 501 g/mol. The molecule has 1 atom stereocenters. The number of nitrogens with one attached hydrogen (secondary N) is 1. The van der Waals surface area contributed by atoms with Crippen molar-refractivity contribution >= 4 is 5.91 Å². The summed E-state index contributed by atoms with van der Waals surface area (Å²) in [6.07, 6.45) is 2.46. The molecular weight excluding hydrogens is 459 g/mol. The molecular formula is C29H41FN2O4. The zero-order valence-corrected chi connectivity index (χ0v) is 21.6. The Bertz CT molecular complexity index is 896. The summed E-state index contributed by atoms with van der Waals surface area (Å²) >= 11 is 0. The number of carbonyl (C=O) groups is 1. The molecule has 1 fully saturated rings. The van der Waals surface area contributed by atoms with Gasteiger partial charge in [-0.05, 0) is 79.6 Å². The second-order valence-corrected chi connectivity index (χ2v) is 10.0. The third-order valence-electron chi connectivity index (χ3n) is 6.67. The van der Waals surface area contributed by atoms with E-state index in [1.165, 1.54) is 12.1 Å². The Balaban J connectivity index is 1.57. The number of benzene rings is 2. The standard InChI is InChI=1S/C29H41FN2O4/c1-22(2)21-36-27-9-5-24(6-10-27)20-31-29(34)28(19-23-3-7-26(30)8-4-23)25-11-13-32(14-12-25)15-17-35-18-16-33/h3-10,22,25,28,33H,11-21H2,1-2H3,(H,31,34)/t28-/m0/s1. The van der Waals surface area contributed by atoms with E-state index in [0.717, 1.165) is 49.4 Å². The van der Waals surface area contributed by atoms with Gasteiger partial charge in [0.25, 0.3) is 0 Å². The maximum Gasteiger partial charge on any atom is 0.223 e. The molecule has 36 heavy (non-hydrogen) atoms. The van der Waals surface area contributed by atoms with Crippen LogP contribution >= 0.6 is 0 Å². The number of likely N-dealkylation sites (tertiary alicyclic amines) is 1. The van der Waals surface area contributed by atoms with Crippen molar-refractivity contribution < 1.29 is 23.8 Å². The van der Waals surface area contributed by atoms with E-state index < -0.39 is 0 Å². The van der Waals surface area contributed by atoms with Crippen molar-refractivity contribution in [3.63, 3.8) is 0 Å². The van der Waals surface area contributed by atoms with Gasteiger partial charge in [-0.25, -0.2) is 4.39 Å². The maximum absolute atomic E-state index is 13.4. The first kappa shape index (κ1) is 28.1. The fraction of sp³-hybridized carbons (Fsp3) is 0.552. The van der Waals surface area contributed by atoms with Crippen LogP contribution in [0.15, 0.2) is 48.5 Å². The number of amides is 1. The smallest absolute Gasteiger partial charge is 0.223 e. The van der Waals surface area contributed by atoms with Crippen LogP contribution in [-0.4, -0.2) is 62.0 Å². The molecule has 1 saturated heterocycles. The van der Waals surface area contributed by atoms with Crippen molar-refractivity contribution in [3.05, 3.63) is 65.5 Å². The molecule has 0 radical (unpaired) electrons. The minimum Gasteiger partial charge on any atom is -0.493 e. The van der Waals surface area contributed by atoms with E-state index in [-0.39, 0.29) is 30.2 Å². The third kappa shape index (κ3) is 9.52. The van der Waals surface area contributed by atoms with Crippen LogP contribution in [0.5, 0.6) is 5.75 Å². The average Bonchev–Trinajstić information content (AvgIpc) is 2.89. The topological polar surface area (TPSA) is 71.0 Å². The van der Waals surface area contributed by atoms with Crippen molar-refractivity contribution in [1.29, 1.82) is 0 Å². The van der Waals surface area contributed by atoms with Crippen LogP contribution in [0.3, 0.4) is 0 Å². The Morgan fingerprint density at radius 3 is 2.36 bits per heavy atom. The summed E-state index contributed by atoms with van der Waals surface area (Å²) in [7, 11) is 0. The number of piperidine rings is 1. The molecule has 6 nitrogen and oxygen atoms in total. The van der Waals surface area contributed by atoms with E-state index in [1.54, 1.807) is 12.1 Å². The third-order valence-corrected chi connectivity index (χ3v) is 6.67. The first-order valence-electron chi connectivity index (χ1n) is 13.1. The number of halogens is 1. The zero-order valence-electron chi connectivity index (χ0n) is 21.6. The minimum atomic E-state index is -0.266. The predicted molar refractivity (Wildman–Crippen MR) is 139 cm³/mol. The van der Waals surface area contributed by atoms with Crippen molar-refractivity contribution in [3.8, 4) is 5.75 Å². The number of hydrogen-bond donors (Lipinski definition) is 2. The summed E-state index contributed by atoms with van der Waals surface area (Å²) in [5.74, 6) is 1.17. The summed E-state index contributed by atoms with van der Waals surface area (Å²) in [5, 5.41) is 12.0. The highest BCUT2D eigenvalue weighted by Crippen LogP contribution is 2.28. The lowest BCUT2D eigenvalue weighted by atomic mass is 9.80. The van der Waals surface area contributed by atoms with Crippen LogP contribution in [0.4, 0.5) is 4.39 Å². The van der Waals surface area contributed by atoms with Crippen molar-refractivity contribution in [1.82, 2.24) is 10.2 Å². The molecule has 2 aromatic carbocycles. The van der Waals surface area contributed by atoms with Gasteiger partial charge >= 0.3 is 0 Å². The van der Waals surface area contributed by atoms with E-state index in [2.05, 4.69) is 24.1 Å². The molecule has 0 unspecified atom stereocenters. The van der Waals surface area contributed by atoms with Gasteiger partial charge in [0, 0.05) is 19.0 Å². The van der Waals surface area contributed by atoms with E-state index in [0.29, 0.717) is 38.7 Å². The highest BCUT2D eigenvalue weighted by Gasteiger charge is 2.31. The predicted octanol–water partition coefficient (Wildman–Crippen LogP) is 4.06. The largest absolute Gasteiger partial charge is 0.493 e. The van der Waals surface area contributed by atoms with Gasteiger partial charge in [-0.1, -0.05) is 38.1 Å². The van der Waals surface area contributed by atoms with E-state index in [9.17, 15) is 9.18 Å². The molecule has 0 aliphatic carbocycles. The second kappa shape index (κ2) is 14.9. The van der Waals surface area contributed by atoms with Crippen LogP contribution in [0.25, 0.3) is 0 Å². The normalized spacial score (nSPS) is 15.7. The quantitative estimate of drug-likeness (QED) is 0.383. The SMILES string of the molecule is CC(C)COc1ccc(CNC(=O)[C@@H](Cc2ccc(F)cc2)C2CCN(CCOCCO)CC2)cc1. The molecule has 2 N–H and O–H groups in total. The molecule has 1 heterocycles. The fourth-order valence-corrected chi connectivity index (χ4v) is 4.57. The van der Waals surface area contributed by atoms with Gasteiger partial charge in [0.15, 0.2) is 0 Å². The Kier molecular flexibility index (Phi) is 11.7. The maximum atomic E-state index is 13.4. The molecule has 0 aromatic heterocycles. The molecule has 7 heteroatoms. The van der Waals surface area contributed by atoms with Gasteiger partial charge in [-0.3, -0.25) is 4.79 Å². The van der Waals surface area contributed by atoms with Gasteiger partial charge < -0.3 is 24.8 Å². The lowest BCUT2D eigenvalue weighted by molar-refractivity contribution is -0.127. The van der Waals surface area contributed by atoms with E-state index in [1.807, 2.05) is 24.3 Å². The highest BCUT2D eigenvalue weighted by molar-refractivity contribution is 5.79. The van der Waals surface area contributed by atoms with Crippen molar-refractivity contribution in [2.24, 2.45) is 17.8 Å². The Labute approximate surface area is 214 Å². The number of hydrogen-bond acceptors (Lipinski definition) is 5. The highest BCUT2D eigenvalue weighted by atomic mass is 19.1. The lowest BCUT2D eigenvalue weighted by Crippen LogP contribution is -2.43. The second-order valence-electron chi connectivity index (χ2n) is 10.0. The van der Waals surface area contributed by atoms with Gasteiger partial charge in [0.05, 0.1) is 26.4 Å². The van der Waals surface area contributed by atoms with Crippen LogP contribution in [0.1, 0.15) is 37.8 Å². The van der Waals surface area contributed by atoms with Crippen LogP contribution < -0.4 is 10.1 Å². The van der Waals surface area contributed by atoms with Gasteiger partial charge in [-0.15, -0.1) is 0 Å². The number of ether oxygens (including phenoxy) is 2.